The van der Waals surface area contributed by atoms with E-state index < -0.39 is 26.8 Å². The zero-order valence-corrected chi connectivity index (χ0v) is 18.0. The van der Waals surface area contributed by atoms with Crippen LogP contribution in [0.25, 0.3) is 5.69 Å². The second-order valence-corrected chi connectivity index (χ2v) is 8.72. The molecular weight excluding hydrogens is 473 g/mol. The van der Waals surface area contributed by atoms with Crippen molar-refractivity contribution < 1.29 is 17.9 Å². The van der Waals surface area contributed by atoms with Crippen molar-refractivity contribution in [2.75, 3.05) is 13.4 Å². The number of halogens is 2. The number of aromatic amines is 1. The average Bonchev–Trinajstić information content (AvgIpc) is 2.70. The zero-order chi connectivity index (χ0) is 22.9. The topological polar surface area (TPSA) is 157 Å². The Morgan fingerprint density at radius 2 is 1.84 bits per heavy atom. The highest BCUT2D eigenvalue weighted by Gasteiger charge is 2.19. The number of benzene rings is 1. The van der Waals surface area contributed by atoms with Gasteiger partial charge < -0.3 is 9.47 Å². The fourth-order valence-electron chi connectivity index (χ4n) is 2.42. The van der Waals surface area contributed by atoms with Crippen LogP contribution in [0, 0.1) is 11.3 Å². The maximum absolute atomic E-state index is 12.0. The molecule has 2 heterocycles. The Morgan fingerprint density at radius 3 is 2.39 bits per heavy atom. The second-order valence-electron chi connectivity index (χ2n) is 5.92. The fourth-order valence-corrected chi connectivity index (χ4v) is 3.79. The van der Waals surface area contributed by atoms with Gasteiger partial charge in [-0.25, -0.2) is 18.2 Å². The van der Waals surface area contributed by atoms with Gasteiger partial charge in [-0.05, 0) is 12.1 Å². The molecule has 31 heavy (non-hydrogen) atoms. The number of rotatable bonds is 5. The molecule has 160 valence electrons. The summed E-state index contributed by atoms with van der Waals surface area (Å²) in [6, 6.07) is 5.20. The van der Waals surface area contributed by atoms with E-state index in [1.165, 1.54) is 19.2 Å². The summed E-state index contributed by atoms with van der Waals surface area (Å²) in [4.78, 5) is 29.3. The predicted octanol–water partition coefficient (Wildman–Crippen LogP) is 1.70. The first-order valence-corrected chi connectivity index (χ1v) is 10.7. The van der Waals surface area contributed by atoms with Crippen LogP contribution in [0.15, 0.2) is 38.9 Å². The van der Waals surface area contributed by atoms with Crippen LogP contribution < -0.4 is 20.7 Å². The summed E-state index contributed by atoms with van der Waals surface area (Å²) >= 11 is 12.4. The van der Waals surface area contributed by atoms with Gasteiger partial charge in [0.1, 0.15) is 11.0 Å². The molecule has 3 rings (SSSR count). The van der Waals surface area contributed by atoms with Crippen molar-refractivity contribution in [2.45, 2.75) is 4.90 Å². The lowest BCUT2D eigenvalue weighted by Gasteiger charge is -2.13. The van der Waals surface area contributed by atoms with E-state index >= 15 is 0 Å². The van der Waals surface area contributed by atoms with Crippen molar-refractivity contribution in [2.24, 2.45) is 0 Å². The summed E-state index contributed by atoms with van der Waals surface area (Å²) in [5.74, 6) is -0.190. The quantitative estimate of drug-likeness (QED) is 0.569. The Kier molecular flexibility index (Phi) is 6.03. The second kappa shape index (κ2) is 8.38. The average molecular weight is 484 g/mol. The summed E-state index contributed by atoms with van der Waals surface area (Å²) < 4.78 is 35.2. The van der Waals surface area contributed by atoms with Crippen molar-refractivity contribution in [3.05, 3.63) is 61.0 Å². The van der Waals surface area contributed by atoms with Gasteiger partial charge in [-0.2, -0.15) is 9.94 Å². The molecule has 11 nitrogen and oxygen atoms in total. The third-order valence-electron chi connectivity index (χ3n) is 3.79. The Labute approximate surface area is 184 Å². The number of hydrogen-bond acceptors (Lipinski definition) is 9. The van der Waals surface area contributed by atoms with Crippen molar-refractivity contribution >= 4 is 33.0 Å². The lowest BCUT2D eigenvalue weighted by atomic mass is 10.3. The first-order chi connectivity index (χ1) is 14.5. The van der Waals surface area contributed by atoms with Gasteiger partial charge in [0.15, 0.2) is 21.3 Å². The Hall–Kier alpha value is -3.40. The maximum atomic E-state index is 12.0. The van der Waals surface area contributed by atoms with E-state index in [9.17, 15) is 18.0 Å². The molecule has 0 spiro atoms. The normalized spacial score (nSPS) is 11.1. The molecule has 1 N–H and O–H groups in total. The molecule has 0 atom stereocenters. The molecular formula is C17H11Cl2N5O6S. The number of hydrogen-bond donors (Lipinski definition) is 1. The number of nitrogens with zero attached hydrogens (tertiary/aromatic N) is 4. The molecule has 0 saturated carbocycles. The molecule has 0 fully saturated rings. The van der Waals surface area contributed by atoms with Gasteiger partial charge in [-0.15, -0.1) is 5.10 Å². The van der Waals surface area contributed by atoms with Gasteiger partial charge in [0.25, 0.3) is 5.56 Å². The smallest absolute Gasteiger partial charge is 0.349 e. The lowest BCUT2D eigenvalue weighted by Crippen LogP contribution is -2.33. The van der Waals surface area contributed by atoms with Crippen LogP contribution in [0.5, 0.6) is 17.4 Å². The highest BCUT2D eigenvalue weighted by atomic mass is 35.5. The molecule has 1 aromatic carbocycles. The van der Waals surface area contributed by atoms with E-state index in [1.807, 2.05) is 4.98 Å². The number of methoxy groups -OCH3 is 1. The monoisotopic (exact) mass is 483 g/mol. The summed E-state index contributed by atoms with van der Waals surface area (Å²) in [5.41, 5.74) is -2.35. The highest BCUT2D eigenvalue weighted by Crippen LogP contribution is 2.38. The molecule has 0 amide bonds. The largest absolute Gasteiger partial charge is 0.494 e. The molecule has 0 radical (unpaired) electrons. The summed E-state index contributed by atoms with van der Waals surface area (Å²) in [6.45, 7) is 0. The number of ether oxygens (including phenoxy) is 2. The Balaban J connectivity index is 2.06. The number of pyridine rings is 1. The van der Waals surface area contributed by atoms with E-state index in [0.717, 1.165) is 23.2 Å². The number of nitrogens with one attached hydrogen (secondary N) is 1. The van der Waals surface area contributed by atoms with Gasteiger partial charge in [-0.1, -0.05) is 23.2 Å². The summed E-state index contributed by atoms with van der Waals surface area (Å²) in [5, 5.41) is 12.4. The van der Waals surface area contributed by atoms with Crippen LogP contribution in [-0.2, 0) is 9.84 Å². The number of nitriles is 1. The van der Waals surface area contributed by atoms with Gasteiger partial charge in [0.05, 0.1) is 29.0 Å². The van der Waals surface area contributed by atoms with E-state index in [2.05, 4.69) is 10.1 Å². The fraction of sp³-hybridized carbons (Fsp3) is 0.118. The van der Waals surface area contributed by atoms with Crippen molar-refractivity contribution in [3.8, 4) is 29.1 Å². The summed E-state index contributed by atoms with van der Waals surface area (Å²) in [7, 11) is -2.36. The molecule has 0 aliphatic rings. The van der Waals surface area contributed by atoms with Crippen molar-refractivity contribution in [1.29, 1.82) is 5.26 Å². The van der Waals surface area contributed by atoms with E-state index in [-0.39, 0.29) is 38.0 Å². The van der Waals surface area contributed by atoms with Crippen LogP contribution >= 0.6 is 23.2 Å². The highest BCUT2D eigenvalue weighted by molar-refractivity contribution is 7.90. The zero-order valence-electron chi connectivity index (χ0n) is 15.7. The first kappa shape index (κ1) is 22.3. The van der Waals surface area contributed by atoms with Gasteiger partial charge in [-0.3, -0.25) is 9.78 Å². The number of sulfone groups is 1. The van der Waals surface area contributed by atoms with Crippen LogP contribution in [0.4, 0.5) is 0 Å². The maximum Gasteiger partial charge on any atom is 0.349 e. The molecule has 0 aliphatic carbocycles. The Bertz CT molecular complexity index is 1440. The van der Waals surface area contributed by atoms with Gasteiger partial charge in [0.2, 0.25) is 11.6 Å². The van der Waals surface area contributed by atoms with Crippen LogP contribution in [0.3, 0.4) is 0 Å². The number of aromatic nitrogens is 4. The molecule has 0 saturated heterocycles. The van der Waals surface area contributed by atoms with Gasteiger partial charge >= 0.3 is 5.69 Å². The van der Waals surface area contributed by atoms with E-state index in [0.29, 0.717) is 0 Å². The predicted molar refractivity (Wildman–Crippen MR) is 109 cm³/mol. The third kappa shape index (κ3) is 4.53. The first-order valence-electron chi connectivity index (χ1n) is 8.10. The van der Waals surface area contributed by atoms with Crippen molar-refractivity contribution in [1.82, 2.24) is 19.7 Å². The summed E-state index contributed by atoms with van der Waals surface area (Å²) in [6.07, 6.45) is 2.16. The Morgan fingerprint density at radius 1 is 1.19 bits per heavy atom. The minimum absolute atomic E-state index is 0.0270. The lowest BCUT2D eigenvalue weighted by molar-refractivity contribution is 0.394. The SMILES string of the molecule is COc1cnc(Oc2c(Cl)cc(-n3nc(C#N)c(=O)[nH]c3=O)cc2Cl)cc1S(C)(=O)=O. The standard InChI is InChI=1S/C17H11Cl2N5O6S/c1-29-12-7-21-14(5-13(12)31(2,27)28)30-15-9(18)3-8(4-10(15)19)24-17(26)22-16(25)11(6-20)23-24/h3-5,7H,1-2H3,(H,22,25,26). The molecule has 0 aliphatic heterocycles. The molecule has 2 aromatic heterocycles. The molecule has 3 aromatic rings. The third-order valence-corrected chi connectivity index (χ3v) is 5.47. The van der Waals surface area contributed by atoms with E-state index in [1.54, 1.807) is 6.07 Å². The van der Waals surface area contributed by atoms with Gasteiger partial charge in [0, 0.05) is 12.3 Å². The molecule has 0 bridgehead atoms. The molecule has 14 heteroatoms. The minimum atomic E-state index is -3.65. The molecule has 0 unspecified atom stereocenters. The van der Waals surface area contributed by atoms with Crippen molar-refractivity contribution in [3.63, 3.8) is 0 Å². The minimum Gasteiger partial charge on any atom is -0.494 e. The van der Waals surface area contributed by atoms with Crippen LogP contribution in [-0.4, -0.2) is 41.5 Å². The van der Waals surface area contributed by atoms with E-state index in [4.69, 9.17) is 37.9 Å². The van der Waals surface area contributed by atoms with Crippen LogP contribution in [0.2, 0.25) is 10.0 Å². The number of H-pyrrole nitrogens is 1. The van der Waals surface area contributed by atoms with Crippen LogP contribution in [0.1, 0.15) is 5.69 Å².